The van der Waals surface area contributed by atoms with Crippen molar-refractivity contribution in [2.45, 2.75) is 19.0 Å². The van der Waals surface area contributed by atoms with Crippen molar-refractivity contribution in [3.8, 4) is 0 Å². The van der Waals surface area contributed by atoms with Gasteiger partial charge in [0.25, 0.3) is 0 Å². The molecule has 2 heterocycles. The maximum Gasteiger partial charge on any atom is 0.323 e. The molecule has 2 amide bonds. The van der Waals surface area contributed by atoms with Gasteiger partial charge in [0.05, 0.1) is 24.6 Å². The molecule has 2 unspecified atom stereocenters. The molecule has 0 radical (unpaired) electrons. The molecule has 2 saturated heterocycles. The van der Waals surface area contributed by atoms with Gasteiger partial charge >= 0.3 is 5.97 Å². The molecule has 0 saturated carbocycles. The number of carbonyl (C=O) groups excluding carboxylic acids is 3. The number of anilines is 1. The summed E-state index contributed by atoms with van der Waals surface area (Å²) in [6.45, 7) is 1.98. The number of ether oxygens (including phenoxy) is 1. The molecular formula is C21H20N2O4. The Labute approximate surface area is 157 Å². The van der Waals surface area contributed by atoms with E-state index in [2.05, 4.69) is 5.32 Å². The molecule has 4 rings (SSSR count). The van der Waals surface area contributed by atoms with Crippen molar-refractivity contribution < 1.29 is 19.1 Å². The first-order valence-corrected chi connectivity index (χ1v) is 8.86. The van der Waals surface area contributed by atoms with E-state index in [0.717, 1.165) is 11.1 Å². The molecule has 138 valence electrons. The smallest absolute Gasteiger partial charge is 0.323 e. The zero-order chi connectivity index (χ0) is 19.1. The molecule has 2 aromatic carbocycles. The van der Waals surface area contributed by atoms with Crippen LogP contribution in [0.25, 0.3) is 0 Å². The van der Waals surface area contributed by atoms with Crippen molar-refractivity contribution in [1.29, 1.82) is 0 Å². The standard InChI is InChI=1S/C21H20N2O4/c1-12-8-10-13(11-9-12)17-15-16(18(22-17)21(26)27-2)20(25)23(19(15)24)14-6-4-3-5-7-14/h3-11,15-18,22H,1-2H3/t15-,16+,17?,18?/m0/s1. The molecule has 2 aliphatic rings. The van der Waals surface area contributed by atoms with Gasteiger partial charge in [-0.3, -0.25) is 19.7 Å². The number of methoxy groups -OCH3 is 1. The number of amides is 2. The molecule has 27 heavy (non-hydrogen) atoms. The Morgan fingerprint density at radius 1 is 0.963 bits per heavy atom. The number of imide groups is 1. The highest BCUT2D eigenvalue weighted by atomic mass is 16.5. The van der Waals surface area contributed by atoms with Crippen LogP contribution in [0.5, 0.6) is 0 Å². The summed E-state index contributed by atoms with van der Waals surface area (Å²) in [5.41, 5.74) is 2.49. The van der Waals surface area contributed by atoms with Crippen LogP contribution in [0.2, 0.25) is 0 Å². The van der Waals surface area contributed by atoms with Gasteiger partial charge in [0, 0.05) is 6.04 Å². The predicted octanol–water partition coefficient (Wildman–Crippen LogP) is 1.99. The van der Waals surface area contributed by atoms with Crippen LogP contribution < -0.4 is 10.2 Å². The monoisotopic (exact) mass is 364 g/mol. The minimum absolute atomic E-state index is 0.291. The Balaban J connectivity index is 1.77. The fraction of sp³-hybridized carbons (Fsp3) is 0.286. The summed E-state index contributed by atoms with van der Waals surface area (Å²) in [5, 5.41) is 3.17. The van der Waals surface area contributed by atoms with E-state index in [9.17, 15) is 14.4 Å². The van der Waals surface area contributed by atoms with Crippen molar-refractivity contribution in [2.75, 3.05) is 12.0 Å². The summed E-state index contributed by atoms with van der Waals surface area (Å²) in [6.07, 6.45) is 0. The molecule has 6 nitrogen and oxygen atoms in total. The van der Waals surface area contributed by atoms with Gasteiger partial charge in [-0.05, 0) is 24.6 Å². The number of nitrogens with one attached hydrogen (secondary N) is 1. The lowest BCUT2D eigenvalue weighted by Gasteiger charge is -2.22. The second-order valence-corrected chi connectivity index (χ2v) is 6.95. The molecule has 0 bridgehead atoms. The lowest BCUT2D eigenvalue weighted by atomic mass is 9.86. The normalized spacial score (nSPS) is 27.0. The van der Waals surface area contributed by atoms with E-state index in [1.807, 2.05) is 37.3 Å². The number of hydrogen-bond donors (Lipinski definition) is 1. The maximum atomic E-state index is 13.2. The highest BCUT2D eigenvalue weighted by molar-refractivity contribution is 6.23. The van der Waals surface area contributed by atoms with E-state index < -0.39 is 29.9 Å². The third kappa shape index (κ3) is 2.73. The molecule has 1 N–H and O–H groups in total. The van der Waals surface area contributed by atoms with Crippen LogP contribution in [0.1, 0.15) is 17.2 Å². The number of aryl methyl sites for hydroxylation is 1. The predicted molar refractivity (Wildman–Crippen MR) is 98.8 cm³/mol. The third-order valence-corrected chi connectivity index (χ3v) is 5.38. The highest BCUT2D eigenvalue weighted by Crippen LogP contribution is 2.45. The van der Waals surface area contributed by atoms with Crippen LogP contribution in [-0.2, 0) is 19.1 Å². The van der Waals surface area contributed by atoms with E-state index in [-0.39, 0.29) is 11.8 Å². The van der Waals surface area contributed by atoms with Gasteiger partial charge in [-0.1, -0.05) is 48.0 Å². The first-order chi connectivity index (χ1) is 13.0. The molecule has 0 aromatic heterocycles. The molecule has 2 aliphatic heterocycles. The van der Waals surface area contributed by atoms with Crippen LogP contribution in [0.15, 0.2) is 54.6 Å². The van der Waals surface area contributed by atoms with Crippen molar-refractivity contribution in [2.24, 2.45) is 11.8 Å². The van der Waals surface area contributed by atoms with Gasteiger partial charge in [-0.15, -0.1) is 0 Å². The molecule has 0 spiro atoms. The van der Waals surface area contributed by atoms with Gasteiger partial charge in [0.2, 0.25) is 11.8 Å². The lowest BCUT2D eigenvalue weighted by molar-refractivity contribution is -0.145. The first kappa shape index (κ1) is 17.4. The molecule has 2 aromatic rings. The van der Waals surface area contributed by atoms with Gasteiger partial charge < -0.3 is 4.74 Å². The number of para-hydroxylation sites is 1. The number of hydrogen-bond acceptors (Lipinski definition) is 5. The van der Waals surface area contributed by atoms with Crippen molar-refractivity contribution >= 4 is 23.5 Å². The van der Waals surface area contributed by atoms with Crippen LogP contribution in [-0.4, -0.2) is 30.9 Å². The number of nitrogens with zero attached hydrogens (tertiary/aromatic N) is 1. The van der Waals surface area contributed by atoms with Gasteiger partial charge in [0.1, 0.15) is 6.04 Å². The Morgan fingerprint density at radius 3 is 2.22 bits per heavy atom. The van der Waals surface area contributed by atoms with Crippen LogP contribution >= 0.6 is 0 Å². The average Bonchev–Trinajstić information content (AvgIpc) is 3.20. The van der Waals surface area contributed by atoms with E-state index >= 15 is 0 Å². The minimum Gasteiger partial charge on any atom is -0.468 e. The maximum absolute atomic E-state index is 13.2. The number of rotatable bonds is 3. The second-order valence-electron chi connectivity index (χ2n) is 6.95. The lowest BCUT2D eigenvalue weighted by Crippen LogP contribution is -2.43. The van der Waals surface area contributed by atoms with E-state index in [1.165, 1.54) is 12.0 Å². The number of fused-ring (bicyclic) bond motifs is 1. The largest absolute Gasteiger partial charge is 0.468 e. The molecular weight excluding hydrogens is 344 g/mol. The Morgan fingerprint density at radius 2 is 1.59 bits per heavy atom. The Hall–Kier alpha value is -2.99. The number of esters is 1. The van der Waals surface area contributed by atoms with E-state index in [0.29, 0.717) is 5.69 Å². The molecule has 6 heteroatoms. The summed E-state index contributed by atoms with van der Waals surface area (Å²) < 4.78 is 4.89. The Kier molecular flexibility index (Phi) is 4.28. The molecule has 0 aliphatic carbocycles. The van der Waals surface area contributed by atoms with Gasteiger partial charge in [-0.2, -0.15) is 0 Å². The van der Waals surface area contributed by atoms with Gasteiger partial charge in [-0.25, -0.2) is 4.90 Å². The fourth-order valence-corrected chi connectivity index (χ4v) is 4.07. The molecule has 4 atom stereocenters. The number of benzene rings is 2. The van der Waals surface area contributed by atoms with Crippen molar-refractivity contribution in [3.63, 3.8) is 0 Å². The second kappa shape index (κ2) is 6.63. The quantitative estimate of drug-likeness (QED) is 0.666. The fourth-order valence-electron chi connectivity index (χ4n) is 4.07. The van der Waals surface area contributed by atoms with Crippen molar-refractivity contribution in [3.05, 3.63) is 65.7 Å². The van der Waals surface area contributed by atoms with Crippen LogP contribution in [0.3, 0.4) is 0 Å². The average molecular weight is 364 g/mol. The highest BCUT2D eigenvalue weighted by Gasteiger charge is 2.61. The summed E-state index contributed by atoms with van der Waals surface area (Å²) in [4.78, 5) is 39.9. The summed E-state index contributed by atoms with van der Waals surface area (Å²) in [5.74, 6) is -2.62. The topological polar surface area (TPSA) is 75.7 Å². The minimum atomic E-state index is -0.850. The molecule has 2 fully saturated rings. The summed E-state index contributed by atoms with van der Waals surface area (Å²) in [6, 6.07) is 15.3. The zero-order valence-corrected chi connectivity index (χ0v) is 15.1. The van der Waals surface area contributed by atoms with Gasteiger partial charge in [0.15, 0.2) is 0 Å². The van der Waals surface area contributed by atoms with Crippen molar-refractivity contribution in [1.82, 2.24) is 5.32 Å². The van der Waals surface area contributed by atoms with Crippen LogP contribution in [0.4, 0.5) is 5.69 Å². The van der Waals surface area contributed by atoms with E-state index in [4.69, 9.17) is 4.74 Å². The SMILES string of the molecule is COC(=O)C1NC(c2ccc(C)cc2)[C@H]2C(=O)N(c3ccccc3)C(=O)[C@@H]12. The number of carbonyl (C=O) groups is 3. The third-order valence-electron chi connectivity index (χ3n) is 5.38. The zero-order valence-electron chi connectivity index (χ0n) is 15.1. The van der Waals surface area contributed by atoms with E-state index in [1.54, 1.807) is 24.3 Å². The Bertz CT molecular complexity index is 894. The summed E-state index contributed by atoms with van der Waals surface area (Å²) >= 11 is 0. The first-order valence-electron chi connectivity index (χ1n) is 8.86. The summed E-state index contributed by atoms with van der Waals surface area (Å²) in [7, 11) is 1.29. The van der Waals surface area contributed by atoms with Crippen LogP contribution in [0, 0.1) is 18.8 Å².